The van der Waals surface area contributed by atoms with Gasteiger partial charge in [0.2, 0.25) is 0 Å². The van der Waals surface area contributed by atoms with Crippen LogP contribution in [-0.4, -0.2) is 16.7 Å². The number of nitrogens with one attached hydrogen (secondary N) is 1. The van der Waals surface area contributed by atoms with Crippen LogP contribution in [0.5, 0.6) is 5.75 Å². The van der Waals surface area contributed by atoms with Crippen LogP contribution in [0.25, 0.3) is 0 Å². The Labute approximate surface area is 117 Å². The lowest BCUT2D eigenvalue weighted by Gasteiger charge is -2.04. The zero-order chi connectivity index (χ0) is 14.5. The average molecular weight is 268 g/mol. The van der Waals surface area contributed by atoms with Crippen molar-refractivity contribution < 1.29 is 9.90 Å². The third-order valence-corrected chi connectivity index (χ3v) is 2.89. The fraction of sp³-hybridized carbons (Fsp3) is 0.125. The minimum absolute atomic E-state index is 0.199. The number of hydrazone groups is 1. The molecular formula is C16H16N2O2. The summed E-state index contributed by atoms with van der Waals surface area (Å²) in [5.41, 5.74) is 5.64. The number of carbonyl (C=O) groups excluding carboxylic acids is 1. The van der Waals surface area contributed by atoms with Gasteiger partial charge >= 0.3 is 0 Å². The van der Waals surface area contributed by atoms with Crippen LogP contribution in [0.3, 0.4) is 0 Å². The van der Waals surface area contributed by atoms with E-state index in [9.17, 15) is 9.90 Å². The van der Waals surface area contributed by atoms with Crippen molar-refractivity contribution in [2.24, 2.45) is 5.10 Å². The third kappa shape index (κ3) is 3.45. The maximum atomic E-state index is 11.9. The minimum Gasteiger partial charge on any atom is -0.508 e. The molecule has 102 valence electrons. The first-order valence-electron chi connectivity index (χ1n) is 6.27. The van der Waals surface area contributed by atoms with Crippen LogP contribution >= 0.6 is 0 Å². The van der Waals surface area contributed by atoms with E-state index in [1.165, 1.54) is 0 Å². The Hall–Kier alpha value is -2.62. The van der Waals surface area contributed by atoms with Crippen LogP contribution in [0.4, 0.5) is 0 Å². The SMILES string of the molecule is CC(=NNC(=O)c1cccc(C)c1)c1ccc(O)cc1. The zero-order valence-electron chi connectivity index (χ0n) is 11.4. The van der Waals surface area contributed by atoms with Gasteiger partial charge in [-0.05, 0) is 55.8 Å². The van der Waals surface area contributed by atoms with Gasteiger partial charge in [0.05, 0.1) is 5.71 Å². The Kier molecular flexibility index (Phi) is 4.15. The van der Waals surface area contributed by atoms with Crippen molar-refractivity contribution in [1.82, 2.24) is 5.43 Å². The van der Waals surface area contributed by atoms with E-state index < -0.39 is 0 Å². The molecule has 0 atom stereocenters. The molecule has 0 aliphatic rings. The molecule has 0 saturated heterocycles. The smallest absolute Gasteiger partial charge is 0.271 e. The normalized spacial score (nSPS) is 11.2. The molecular weight excluding hydrogens is 252 g/mol. The van der Waals surface area contributed by atoms with Crippen LogP contribution in [0.15, 0.2) is 53.6 Å². The number of benzene rings is 2. The van der Waals surface area contributed by atoms with Gasteiger partial charge in [0.1, 0.15) is 5.75 Å². The molecule has 2 aromatic rings. The van der Waals surface area contributed by atoms with E-state index in [1.807, 2.05) is 19.1 Å². The third-order valence-electron chi connectivity index (χ3n) is 2.89. The number of carbonyl (C=O) groups is 1. The summed E-state index contributed by atoms with van der Waals surface area (Å²) in [6.45, 7) is 3.73. The molecule has 0 aromatic heterocycles. The van der Waals surface area contributed by atoms with Gasteiger partial charge in [0, 0.05) is 5.56 Å². The predicted molar refractivity (Wildman–Crippen MR) is 79.0 cm³/mol. The molecule has 4 heteroatoms. The molecule has 0 bridgehead atoms. The topological polar surface area (TPSA) is 61.7 Å². The van der Waals surface area contributed by atoms with Crippen LogP contribution in [0.2, 0.25) is 0 Å². The van der Waals surface area contributed by atoms with E-state index >= 15 is 0 Å². The van der Waals surface area contributed by atoms with Gasteiger partial charge in [-0.3, -0.25) is 4.79 Å². The number of phenols is 1. The standard InChI is InChI=1S/C16H16N2O2/c1-11-4-3-5-14(10-11)16(20)18-17-12(2)13-6-8-15(19)9-7-13/h3-10,19H,1-2H3,(H,18,20). The minimum atomic E-state index is -0.244. The van der Waals surface area contributed by atoms with E-state index in [1.54, 1.807) is 43.3 Å². The van der Waals surface area contributed by atoms with Gasteiger partial charge in [0.25, 0.3) is 5.91 Å². The highest BCUT2D eigenvalue weighted by molar-refractivity contribution is 6.00. The number of nitrogens with zero attached hydrogens (tertiary/aromatic N) is 1. The van der Waals surface area contributed by atoms with Gasteiger partial charge < -0.3 is 5.11 Å². The fourth-order valence-electron chi connectivity index (χ4n) is 1.75. The van der Waals surface area contributed by atoms with Crippen molar-refractivity contribution in [3.63, 3.8) is 0 Å². The maximum absolute atomic E-state index is 11.9. The van der Waals surface area contributed by atoms with Crippen molar-refractivity contribution >= 4 is 11.6 Å². The molecule has 20 heavy (non-hydrogen) atoms. The van der Waals surface area contributed by atoms with E-state index in [0.717, 1.165) is 11.1 Å². The van der Waals surface area contributed by atoms with Gasteiger partial charge in [-0.15, -0.1) is 0 Å². The van der Waals surface area contributed by atoms with Gasteiger partial charge in [-0.25, -0.2) is 5.43 Å². The molecule has 0 unspecified atom stereocenters. The van der Waals surface area contributed by atoms with Crippen LogP contribution in [0.1, 0.15) is 28.4 Å². The highest BCUT2D eigenvalue weighted by Crippen LogP contribution is 2.10. The summed E-state index contributed by atoms with van der Waals surface area (Å²) in [6.07, 6.45) is 0. The van der Waals surface area contributed by atoms with E-state index in [-0.39, 0.29) is 11.7 Å². The average Bonchev–Trinajstić information content (AvgIpc) is 2.45. The molecule has 0 spiro atoms. The van der Waals surface area contributed by atoms with E-state index in [4.69, 9.17) is 0 Å². The van der Waals surface area contributed by atoms with Gasteiger partial charge in [0.15, 0.2) is 0 Å². The number of amides is 1. The summed E-state index contributed by atoms with van der Waals surface area (Å²) in [7, 11) is 0. The highest BCUT2D eigenvalue weighted by atomic mass is 16.3. The second kappa shape index (κ2) is 6.02. The Morgan fingerprint density at radius 3 is 2.45 bits per heavy atom. The molecule has 4 nitrogen and oxygen atoms in total. The number of hydrogen-bond acceptors (Lipinski definition) is 3. The van der Waals surface area contributed by atoms with E-state index in [0.29, 0.717) is 11.3 Å². The van der Waals surface area contributed by atoms with Crippen molar-refractivity contribution in [3.8, 4) is 5.75 Å². The van der Waals surface area contributed by atoms with E-state index in [2.05, 4.69) is 10.5 Å². The lowest BCUT2D eigenvalue weighted by Crippen LogP contribution is -2.19. The molecule has 2 rings (SSSR count). The largest absolute Gasteiger partial charge is 0.508 e. The first-order valence-corrected chi connectivity index (χ1v) is 6.27. The first-order chi connectivity index (χ1) is 9.56. The summed E-state index contributed by atoms with van der Waals surface area (Å²) < 4.78 is 0. The van der Waals surface area contributed by atoms with Crippen LogP contribution < -0.4 is 5.43 Å². The van der Waals surface area contributed by atoms with Crippen molar-refractivity contribution in [2.45, 2.75) is 13.8 Å². The highest BCUT2D eigenvalue weighted by Gasteiger charge is 2.04. The Balaban J connectivity index is 2.08. The summed E-state index contributed by atoms with van der Waals surface area (Å²) in [6, 6.07) is 14.0. The molecule has 0 fully saturated rings. The summed E-state index contributed by atoms with van der Waals surface area (Å²) in [5, 5.41) is 13.3. The number of phenolic OH excluding ortho intramolecular Hbond substituents is 1. The second-order valence-electron chi connectivity index (χ2n) is 4.55. The summed E-state index contributed by atoms with van der Waals surface area (Å²) >= 11 is 0. The number of hydrogen-bond donors (Lipinski definition) is 2. The number of aromatic hydroxyl groups is 1. The van der Waals surface area contributed by atoms with Gasteiger partial charge in [-0.2, -0.15) is 5.10 Å². The molecule has 0 saturated carbocycles. The molecule has 0 radical (unpaired) electrons. The van der Waals surface area contributed by atoms with Gasteiger partial charge in [-0.1, -0.05) is 17.7 Å². The Morgan fingerprint density at radius 1 is 1.10 bits per heavy atom. The molecule has 1 amide bonds. The second-order valence-corrected chi connectivity index (χ2v) is 4.55. The zero-order valence-corrected chi connectivity index (χ0v) is 11.4. The van der Waals surface area contributed by atoms with Crippen molar-refractivity contribution in [2.75, 3.05) is 0 Å². The van der Waals surface area contributed by atoms with Crippen molar-refractivity contribution in [3.05, 3.63) is 65.2 Å². The molecule has 0 heterocycles. The lowest BCUT2D eigenvalue weighted by molar-refractivity contribution is 0.0954. The van der Waals surface area contributed by atoms with Crippen LogP contribution in [0, 0.1) is 6.92 Å². The maximum Gasteiger partial charge on any atom is 0.271 e. The van der Waals surface area contributed by atoms with Crippen LogP contribution in [-0.2, 0) is 0 Å². The molecule has 0 aliphatic heterocycles. The molecule has 2 aromatic carbocycles. The first kappa shape index (κ1) is 13.8. The molecule has 2 N–H and O–H groups in total. The lowest BCUT2D eigenvalue weighted by atomic mass is 10.1. The number of rotatable bonds is 3. The number of aryl methyl sites for hydroxylation is 1. The predicted octanol–water partition coefficient (Wildman–Crippen LogP) is 2.85. The molecule has 0 aliphatic carbocycles. The summed E-state index contributed by atoms with van der Waals surface area (Å²) in [4.78, 5) is 11.9. The van der Waals surface area contributed by atoms with Crippen molar-refractivity contribution in [1.29, 1.82) is 0 Å². The Bertz CT molecular complexity index is 646. The fourth-order valence-corrected chi connectivity index (χ4v) is 1.75. The summed E-state index contributed by atoms with van der Waals surface area (Å²) in [5.74, 6) is -0.0443. The quantitative estimate of drug-likeness (QED) is 0.664. The Morgan fingerprint density at radius 2 is 1.80 bits per heavy atom. The monoisotopic (exact) mass is 268 g/mol.